The summed E-state index contributed by atoms with van der Waals surface area (Å²) in [6.45, 7) is 1.52. The normalized spacial score (nSPS) is 10.5. The summed E-state index contributed by atoms with van der Waals surface area (Å²) in [5.74, 6) is 0.0275. The van der Waals surface area contributed by atoms with Crippen LogP contribution >= 0.6 is 0 Å². The maximum atomic E-state index is 11.2. The molecule has 2 aromatic heterocycles. The second kappa shape index (κ2) is 5.21. The molecule has 0 fully saturated rings. The fourth-order valence-corrected chi connectivity index (χ4v) is 2.00. The Morgan fingerprint density at radius 2 is 2.20 bits per heavy atom. The smallest absolute Gasteiger partial charge is 0.342 e. The van der Waals surface area contributed by atoms with Gasteiger partial charge in [0.25, 0.3) is 5.89 Å². The molecular weight excluding hydrogens is 290 g/mol. The molecule has 2 heterocycles. The average molecular weight is 299 g/mol. The number of nitrogens with zero attached hydrogens (tertiary/aromatic N) is 5. The van der Waals surface area contributed by atoms with Gasteiger partial charge in [-0.2, -0.15) is 8.42 Å². The van der Waals surface area contributed by atoms with Gasteiger partial charge in [0.1, 0.15) is 11.1 Å². The lowest BCUT2D eigenvalue weighted by atomic mass is 10.3. The van der Waals surface area contributed by atoms with E-state index in [-0.39, 0.29) is 34.7 Å². The van der Waals surface area contributed by atoms with Crippen LogP contribution < -0.4 is 0 Å². The van der Waals surface area contributed by atoms with E-state index < -0.39 is 15.2 Å². The van der Waals surface area contributed by atoms with Crippen LogP contribution in [0.5, 0.6) is 0 Å². The van der Waals surface area contributed by atoms with Crippen molar-refractivity contribution in [1.29, 1.82) is 0 Å². The number of hydrogen-bond donors (Lipinski definition) is 0. The van der Waals surface area contributed by atoms with Crippen LogP contribution in [-0.4, -0.2) is 38.0 Å². The van der Waals surface area contributed by atoms with Crippen molar-refractivity contribution in [3.8, 4) is 0 Å². The zero-order chi connectivity index (χ0) is 14.9. The molecule has 20 heavy (non-hydrogen) atoms. The first-order valence-corrected chi connectivity index (χ1v) is 6.38. The van der Waals surface area contributed by atoms with Crippen molar-refractivity contribution in [2.45, 2.75) is 13.3 Å². The molecule has 0 atom stereocenters. The summed E-state index contributed by atoms with van der Waals surface area (Å²) in [6.07, 6.45) is 0.877. The van der Waals surface area contributed by atoms with E-state index >= 15 is 0 Å². The van der Waals surface area contributed by atoms with Crippen LogP contribution in [0.25, 0.3) is 0 Å². The molecule has 0 bridgehead atoms. The fraction of sp³-hybridized carbons (Fsp3) is 0.333. The van der Waals surface area contributed by atoms with E-state index in [4.69, 9.17) is 4.42 Å². The Kier molecular flexibility index (Phi) is 3.61. The molecule has 10 nitrogen and oxygen atoms in total. The van der Waals surface area contributed by atoms with Crippen molar-refractivity contribution in [3.05, 3.63) is 33.9 Å². The van der Waals surface area contributed by atoms with Gasteiger partial charge in [0, 0.05) is 6.92 Å². The highest BCUT2D eigenvalue weighted by atomic mass is 32.2. The largest absolute Gasteiger partial charge is 0.420 e. The number of rotatable bonds is 4. The van der Waals surface area contributed by atoms with Crippen LogP contribution in [0.4, 0.5) is 5.82 Å². The Hall–Kier alpha value is -2.56. The van der Waals surface area contributed by atoms with Crippen LogP contribution in [-0.2, 0) is 23.8 Å². The number of aromatic nitrogens is 4. The molecule has 0 aliphatic rings. The lowest BCUT2D eigenvalue weighted by molar-refractivity contribution is -0.391. The molecule has 0 saturated heterocycles. The van der Waals surface area contributed by atoms with Gasteiger partial charge in [0.05, 0.1) is 13.5 Å². The zero-order valence-corrected chi connectivity index (χ0v) is 11.3. The summed E-state index contributed by atoms with van der Waals surface area (Å²) in [5, 5.41) is 17.9. The topological polar surface area (TPSA) is 134 Å². The van der Waals surface area contributed by atoms with Gasteiger partial charge in [-0.25, -0.2) is 9.55 Å². The second-order valence-electron chi connectivity index (χ2n) is 3.81. The highest BCUT2D eigenvalue weighted by Gasteiger charge is 2.22. The molecule has 0 aromatic carbocycles. The summed E-state index contributed by atoms with van der Waals surface area (Å²) < 4.78 is 28.7. The lowest BCUT2D eigenvalue weighted by Crippen LogP contribution is -2.12. The Morgan fingerprint density at radius 1 is 1.50 bits per heavy atom. The van der Waals surface area contributed by atoms with Gasteiger partial charge in [-0.3, -0.25) is 0 Å². The highest BCUT2D eigenvalue weighted by Crippen LogP contribution is 2.13. The van der Waals surface area contributed by atoms with Gasteiger partial charge in [0.2, 0.25) is 22.0 Å². The standard InChI is InChI=1S/C9H9N5O5S/c1-5-11-12-9(19-5)6(20(17)18)3-7-10-4-8(13(7)2)14(15)16/h4H,3H2,1-2H3. The summed E-state index contributed by atoms with van der Waals surface area (Å²) >= 11 is 0. The quantitative estimate of drug-likeness (QED) is 0.324. The summed E-state index contributed by atoms with van der Waals surface area (Å²) in [5.41, 5.74) is 0. The average Bonchev–Trinajstić information content (AvgIpc) is 2.92. The molecule has 0 radical (unpaired) electrons. The molecule has 0 aliphatic carbocycles. The maximum Gasteiger partial charge on any atom is 0.342 e. The van der Waals surface area contributed by atoms with Gasteiger partial charge < -0.3 is 14.5 Å². The van der Waals surface area contributed by atoms with E-state index in [1.54, 1.807) is 0 Å². The molecule has 0 saturated carbocycles. The monoisotopic (exact) mass is 299 g/mol. The molecule has 2 aromatic rings. The minimum Gasteiger partial charge on any atom is -0.420 e. The first-order valence-electron chi connectivity index (χ1n) is 5.30. The Bertz CT molecular complexity index is 795. The first-order chi connectivity index (χ1) is 9.40. The summed E-state index contributed by atoms with van der Waals surface area (Å²) in [6, 6.07) is 0. The van der Waals surface area contributed by atoms with Gasteiger partial charge in [-0.15, -0.1) is 10.2 Å². The maximum absolute atomic E-state index is 11.2. The third-order valence-electron chi connectivity index (χ3n) is 2.53. The number of imidazole rings is 1. The van der Waals surface area contributed by atoms with Crippen LogP contribution in [0, 0.1) is 17.0 Å². The summed E-state index contributed by atoms with van der Waals surface area (Å²) in [4.78, 5) is 13.8. The van der Waals surface area contributed by atoms with E-state index in [1.165, 1.54) is 18.5 Å². The van der Waals surface area contributed by atoms with Crippen molar-refractivity contribution in [3.63, 3.8) is 0 Å². The third kappa shape index (κ3) is 2.56. The lowest BCUT2D eigenvalue weighted by Gasteiger charge is -1.97. The molecule has 11 heteroatoms. The van der Waals surface area contributed by atoms with E-state index in [0.29, 0.717) is 0 Å². The Morgan fingerprint density at radius 3 is 2.65 bits per heavy atom. The molecule has 0 aliphatic heterocycles. The zero-order valence-electron chi connectivity index (χ0n) is 10.5. The minimum atomic E-state index is -2.60. The van der Waals surface area contributed by atoms with Crippen LogP contribution in [0.3, 0.4) is 0 Å². The second-order valence-corrected chi connectivity index (χ2v) is 4.77. The fourth-order valence-electron chi connectivity index (χ4n) is 1.53. The van der Waals surface area contributed by atoms with Crippen molar-refractivity contribution in [2.24, 2.45) is 7.05 Å². The molecule has 0 amide bonds. The van der Waals surface area contributed by atoms with Crippen molar-refractivity contribution in [1.82, 2.24) is 19.7 Å². The Balaban J connectivity index is 2.41. The molecule has 0 spiro atoms. The van der Waals surface area contributed by atoms with Crippen LogP contribution in [0.15, 0.2) is 10.6 Å². The molecule has 0 N–H and O–H groups in total. The highest BCUT2D eigenvalue weighted by molar-refractivity contribution is 7.73. The van der Waals surface area contributed by atoms with Crippen molar-refractivity contribution >= 4 is 21.0 Å². The SMILES string of the molecule is Cc1nnc(C(Cc2ncc([N+](=O)[O-])n2C)=S(=O)=O)o1. The van der Waals surface area contributed by atoms with Crippen LogP contribution in [0.2, 0.25) is 0 Å². The van der Waals surface area contributed by atoms with E-state index in [2.05, 4.69) is 15.2 Å². The first kappa shape index (κ1) is 13.9. The van der Waals surface area contributed by atoms with Gasteiger partial charge in [0.15, 0.2) is 0 Å². The minimum absolute atomic E-state index is 0.151. The molecule has 2 rings (SSSR count). The van der Waals surface area contributed by atoms with Gasteiger partial charge in [-0.05, 0) is 4.92 Å². The third-order valence-corrected chi connectivity index (χ3v) is 3.25. The molecular formula is C9H9N5O5S. The van der Waals surface area contributed by atoms with Crippen molar-refractivity contribution in [2.75, 3.05) is 0 Å². The summed E-state index contributed by atoms with van der Waals surface area (Å²) in [7, 11) is -1.18. The van der Waals surface area contributed by atoms with E-state index in [0.717, 1.165) is 6.20 Å². The number of hydrogen-bond acceptors (Lipinski definition) is 8. The van der Waals surface area contributed by atoms with Gasteiger partial charge in [-0.1, -0.05) is 0 Å². The predicted octanol–water partition coefficient (Wildman–Crippen LogP) is -0.338. The molecule has 0 unspecified atom stereocenters. The van der Waals surface area contributed by atoms with Crippen molar-refractivity contribution < 1.29 is 17.8 Å². The Labute approximate surface area is 113 Å². The number of nitro groups is 1. The van der Waals surface area contributed by atoms with E-state index in [9.17, 15) is 18.5 Å². The number of aryl methyl sites for hydroxylation is 1. The molecule has 106 valence electrons. The predicted molar refractivity (Wildman–Crippen MR) is 65.6 cm³/mol. The van der Waals surface area contributed by atoms with Crippen LogP contribution in [0.1, 0.15) is 17.6 Å². The van der Waals surface area contributed by atoms with Gasteiger partial charge >= 0.3 is 5.82 Å². The van der Waals surface area contributed by atoms with E-state index in [1.807, 2.05) is 0 Å².